The number of non-ortho nitro benzene ring substituents is 2. The van der Waals surface area contributed by atoms with E-state index < -0.39 is 15.7 Å². The average molecular weight is 378 g/mol. The summed E-state index contributed by atoms with van der Waals surface area (Å²) in [5, 5.41) is 22.0. The third-order valence-corrected chi connectivity index (χ3v) is 4.28. The first-order valence-corrected chi connectivity index (χ1v) is 8.12. The van der Waals surface area contributed by atoms with Crippen LogP contribution in [0.1, 0.15) is 0 Å². The molecule has 0 spiro atoms. The Labute approximate surface area is 156 Å². The Balaban J connectivity index is 2.01. The monoisotopic (exact) mass is 378 g/mol. The number of fused-ring (bicyclic) bond motifs is 1. The van der Waals surface area contributed by atoms with Crippen LogP contribution >= 0.6 is 0 Å². The molecule has 0 radical (unpaired) electrons. The van der Waals surface area contributed by atoms with E-state index in [-0.39, 0.29) is 17.1 Å². The summed E-state index contributed by atoms with van der Waals surface area (Å²) in [6.45, 7) is 0. The average Bonchev–Trinajstić information content (AvgIpc) is 3.07. The lowest BCUT2D eigenvalue weighted by Crippen LogP contribution is -2.00. The van der Waals surface area contributed by atoms with E-state index in [1.165, 1.54) is 53.1 Å². The highest BCUT2D eigenvalue weighted by molar-refractivity contribution is 5.85. The van der Waals surface area contributed by atoms with Crippen LogP contribution in [0.2, 0.25) is 0 Å². The Morgan fingerprint density at radius 1 is 0.857 bits per heavy atom. The zero-order chi connectivity index (χ0) is 19.8. The molecule has 0 atom stereocenters. The fourth-order valence-corrected chi connectivity index (χ4v) is 2.99. The molecule has 4 aromatic rings. The van der Waals surface area contributed by atoms with Gasteiger partial charge in [0.15, 0.2) is 0 Å². The molecule has 0 aliphatic heterocycles. The Bertz CT molecular complexity index is 1230. The van der Waals surface area contributed by atoms with Crippen LogP contribution in [0.15, 0.2) is 66.7 Å². The predicted octanol–water partition coefficient (Wildman–Crippen LogP) is 4.65. The van der Waals surface area contributed by atoms with Crippen LogP contribution in [0.5, 0.6) is 0 Å². The minimum absolute atomic E-state index is 0.0899. The number of para-hydroxylation sites is 1. The molecule has 0 bridgehead atoms. The van der Waals surface area contributed by atoms with Gasteiger partial charge in [0.2, 0.25) is 0 Å². The summed E-state index contributed by atoms with van der Waals surface area (Å²) < 4.78 is 16.0. The molecule has 0 N–H and O–H groups in total. The summed E-state index contributed by atoms with van der Waals surface area (Å²) >= 11 is 0. The molecule has 4 rings (SSSR count). The van der Waals surface area contributed by atoms with E-state index in [1.807, 2.05) is 0 Å². The lowest BCUT2D eigenvalue weighted by Gasteiger charge is -2.10. The van der Waals surface area contributed by atoms with Gasteiger partial charge in [-0.05, 0) is 30.3 Å². The molecule has 0 saturated carbocycles. The van der Waals surface area contributed by atoms with Crippen LogP contribution in [0.3, 0.4) is 0 Å². The van der Waals surface area contributed by atoms with E-state index >= 15 is 0 Å². The molecule has 0 unspecified atom stereocenters. The van der Waals surface area contributed by atoms with Crippen LogP contribution in [-0.2, 0) is 0 Å². The number of imidazole rings is 1. The molecular weight excluding hydrogens is 367 g/mol. The van der Waals surface area contributed by atoms with Crippen molar-refractivity contribution in [3.8, 4) is 17.1 Å². The van der Waals surface area contributed by atoms with Crippen molar-refractivity contribution >= 4 is 22.4 Å². The topological polar surface area (TPSA) is 104 Å². The van der Waals surface area contributed by atoms with E-state index in [0.717, 1.165) is 0 Å². The van der Waals surface area contributed by atoms with Gasteiger partial charge in [-0.15, -0.1) is 0 Å². The molecule has 3 aromatic carbocycles. The molecule has 0 aliphatic rings. The second-order valence-corrected chi connectivity index (χ2v) is 5.96. The third kappa shape index (κ3) is 2.84. The van der Waals surface area contributed by atoms with Crippen molar-refractivity contribution in [1.82, 2.24) is 9.55 Å². The van der Waals surface area contributed by atoms with Gasteiger partial charge in [0, 0.05) is 29.8 Å². The smallest absolute Gasteiger partial charge is 0.271 e. The van der Waals surface area contributed by atoms with Crippen molar-refractivity contribution in [2.45, 2.75) is 0 Å². The first-order chi connectivity index (χ1) is 13.5. The van der Waals surface area contributed by atoms with Crippen LogP contribution in [0, 0.1) is 26.0 Å². The zero-order valence-corrected chi connectivity index (χ0v) is 14.2. The van der Waals surface area contributed by atoms with Gasteiger partial charge >= 0.3 is 0 Å². The van der Waals surface area contributed by atoms with Gasteiger partial charge in [-0.1, -0.05) is 12.1 Å². The number of halogens is 1. The number of benzene rings is 3. The van der Waals surface area contributed by atoms with Crippen LogP contribution in [0.25, 0.3) is 28.1 Å². The number of aromatic nitrogens is 2. The molecule has 8 nitrogen and oxygen atoms in total. The molecular formula is C19H11FN4O4. The van der Waals surface area contributed by atoms with Crippen molar-refractivity contribution in [2.24, 2.45) is 0 Å². The summed E-state index contributed by atoms with van der Waals surface area (Å²) in [5.74, 6) is -0.182. The van der Waals surface area contributed by atoms with Gasteiger partial charge in [0.1, 0.15) is 11.6 Å². The van der Waals surface area contributed by atoms with E-state index in [9.17, 15) is 24.6 Å². The molecule has 0 fully saturated rings. The molecule has 9 heteroatoms. The Morgan fingerprint density at radius 2 is 1.50 bits per heavy atom. The standard InChI is InChI=1S/C19H11FN4O4/c20-15-3-1-2-4-17(15)22-18-10-9-14(24(27)28)11-16(18)21-19(22)12-5-7-13(8-6-12)23(25)26/h1-11H. The highest BCUT2D eigenvalue weighted by atomic mass is 19.1. The van der Waals surface area contributed by atoms with E-state index in [0.29, 0.717) is 22.4 Å². The highest BCUT2D eigenvalue weighted by Crippen LogP contribution is 2.32. The molecule has 138 valence electrons. The summed E-state index contributed by atoms with van der Waals surface area (Å²) in [7, 11) is 0. The number of nitro groups is 2. The third-order valence-electron chi connectivity index (χ3n) is 4.28. The molecule has 1 aromatic heterocycles. The maximum Gasteiger partial charge on any atom is 0.271 e. The summed E-state index contributed by atoms with van der Waals surface area (Å²) in [6, 6.07) is 15.9. The Kier molecular flexibility index (Phi) is 4.04. The van der Waals surface area contributed by atoms with Crippen molar-refractivity contribution in [3.63, 3.8) is 0 Å². The number of nitrogens with zero attached hydrogens (tertiary/aromatic N) is 4. The quantitative estimate of drug-likeness (QED) is 0.380. The molecule has 0 saturated heterocycles. The largest absolute Gasteiger partial charge is 0.289 e. The SMILES string of the molecule is O=[N+]([O-])c1ccc(-c2nc3cc([N+](=O)[O-])ccc3n2-c2ccccc2F)cc1. The van der Waals surface area contributed by atoms with Crippen molar-refractivity contribution < 1.29 is 14.2 Å². The molecule has 0 aliphatic carbocycles. The normalized spacial score (nSPS) is 10.9. The van der Waals surface area contributed by atoms with Gasteiger partial charge < -0.3 is 0 Å². The number of hydrogen-bond acceptors (Lipinski definition) is 5. The lowest BCUT2D eigenvalue weighted by molar-refractivity contribution is -0.385. The minimum atomic E-state index is -0.535. The summed E-state index contributed by atoms with van der Waals surface area (Å²) in [6.07, 6.45) is 0. The Hall–Kier alpha value is -4.14. The molecule has 1 heterocycles. The molecule has 28 heavy (non-hydrogen) atoms. The number of nitro benzene ring substituents is 2. The van der Waals surface area contributed by atoms with Crippen molar-refractivity contribution in [1.29, 1.82) is 0 Å². The maximum absolute atomic E-state index is 14.5. The Morgan fingerprint density at radius 3 is 2.14 bits per heavy atom. The van der Waals surface area contributed by atoms with Gasteiger partial charge in [-0.25, -0.2) is 9.37 Å². The fraction of sp³-hybridized carbons (Fsp3) is 0. The fourth-order valence-electron chi connectivity index (χ4n) is 2.99. The van der Waals surface area contributed by atoms with Gasteiger partial charge in [-0.2, -0.15) is 0 Å². The van der Waals surface area contributed by atoms with Gasteiger partial charge in [0.25, 0.3) is 11.4 Å². The summed E-state index contributed by atoms with van der Waals surface area (Å²) in [4.78, 5) is 25.4. The van der Waals surface area contributed by atoms with E-state index in [1.54, 1.807) is 18.2 Å². The van der Waals surface area contributed by atoms with Gasteiger partial charge in [0.05, 0.1) is 26.6 Å². The van der Waals surface area contributed by atoms with Crippen LogP contribution in [-0.4, -0.2) is 19.4 Å². The van der Waals surface area contributed by atoms with E-state index in [4.69, 9.17) is 0 Å². The van der Waals surface area contributed by atoms with Crippen LogP contribution in [0.4, 0.5) is 15.8 Å². The first kappa shape index (κ1) is 17.3. The first-order valence-electron chi connectivity index (χ1n) is 8.12. The number of rotatable bonds is 4. The number of hydrogen-bond donors (Lipinski definition) is 0. The van der Waals surface area contributed by atoms with Gasteiger partial charge in [-0.3, -0.25) is 24.8 Å². The molecule has 0 amide bonds. The minimum Gasteiger partial charge on any atom is -0.289 e. The van der Waals surface area contributed by atoms with Crippen LogP contribution < -0.4 is 0 Å². The maximum atomic E-state index is 14.5. The van der Waals surface area contributed by atoms with Crippen molar-refractivity contribution in [3.05, 3.63) is 92.8 Å². The van der Waals surface area contributed by atoms with E-state index in [2.05, 4.69) is 4.98 Å². The lowest BCUT2D eigenvalue weighted by atomic mass is 10.2. The van der Waals surface area contributed by atoms with Crippen molar-refractivity contribution in [2.75, 3.05) is 0 Å². The second-order valence-electron chi connectivity index (χ2n) is 5.96. The highest BCUT2D eigenvalue weighted by Gasteiger charge is 2.19. The summed E-state index contributed by atoms with van der Waals surface area (Å²) in [5.41, 5.74) is 1.28. The zero-order valence-electron chi connectivity index (χ0n) is 14.2. The predicted molar refractivity (Wildman–Crippen MR) is 99.8 cm³/mol. The second kappa shape index (κ2) is 6.54.